The molecule has 0 unspecified atom stereocenters. The number of pyridine rings is 1. The van der Waals surface area contributed by atoms with E-state index in [9.17, 15) is 9.59 Å². The number of carbonyl (C=O) groups is 2. The Balaban J connectivity index is 1.97. The van der Waals surface area contributed by atoms with E-state index in [1.807, 2.05) is 6.07 Å². The number of hydrogen-bond donors (Lipinski definition) is 1. The standard InChI is InChI=1S/C13H15BrN2O4/c14-10-8-15-4-1-11(10)16-9-2-5-19-12(17)7-13(18)20-6-3-9/h1,4,8-9H,2-3,5-7H2,(H,15,16). The molecule has 1 aromatic heterocycles. The van der Waals surface area contributed by atoms with Gasteiger partial charge in [-0.05, 0) is 22.0 Å². The molecular formula is C13H15BrN2O4. The van der Waals surface area contributed by atoms with Crippen molar-refractivity contribution in [3.8, 4) is 0 Å². The Bertz CT molecular complexity index is 475. The predicted octanol–water partition coefficient (Wildman–Crippen LogP) is 1.89. The molecule has 1 aliphatic heterocycles. The van der Waals surface area contributed by atoms with Gasteiger partial charge in [-0.1, -0.05) is 0 Å². The van der Waals surface area contributed by atoms with Crippen LogP contribution in [0.25, 0.3) is 0 Å². The summed E-state index contributed by atoms with van der Waals surface area (Å²) in [5, 5.41) is 3.33. The van der Waals surface area contributed by atoms with Crippen LogP contribution in [-0.2, 0) is 19.1 Å². The molecule has 1 saturated heterocycles. The van der Waals surface area contributed by atoms with Crippen molar-refractivity contribution in [1.29, 1.82) is 0 Å². The van der Waals surface area contributed by atoms with Crippen LogP contribution in [0.1, 0.15) is 19.3 Å². The molecule has 2 heterocycles. The molecule has 0 amide bonds. The van der Waals surface area contributed by atoms with Gasteiger partial charge in [0, 0.05) is 31.3 Å². The van der Waals surface area contributed by atoms with Crippen molar-refractivity contribution < 1.29 is 19.1 Å². The number of nitrogens with one attached hydrogen (secondary N) is 1. The second-order valence-corrected chi connectivity index (χ2v) is 5.25. The number of aromatic nitrogens is 1. The fraction of sp³-hybridized carbons (Fsp3) is 0.462. The van der Waals surface area contributed by atoms with E-state index in [1.165, 1.54) is 0 Å². The molecule has 1 N–H and O–H groups in total. The fourth-order valence-electron chi connectivity index (χ4n) is 1.85. The Morgan fingerprint density at radius 2 is 1.85 bits per heavy atom. The Hall–Kier alpha value is -1.63. The average molecular weight is 343 g/mol. The van der Waals surface area contributed by atoms with E-state index in [1.54, 1.807) is 12.4 Å². The summed E-state index contributed by atoms with van der Waals surface area (Å²) >= 11 is 3.41. The zero-order valence-corrected chi connectivity index (χ0v) is 12.4. The van der Waals surface area contributed by atoms with Crippen molar-refractivity contribution in [3.05, 3.63) is 22.9 Å². The summed E-state index contributed by atoms with van der Waals surface area (Å²) in [5.74, 6) is -1.08. The topological polar surface area (TPSA) is 77.5 Å². The highest BCUT2D eigenvalue weighted by atomic mass is 79.9. The maximum Gasteiger partial charge on any atom is 0.317 e. The summed E-state index contributed by atoms with van der Waals surface area (Å²) in [6, 6.07) is 1.90. The molecule has 0 spiro atoms. The summed E-state index contributed by atoms with van der Waals surface area (Å²) in [6.07, 6.45) is 4.38. The Morgan fingerprint density at radius 1 is 1.20 bits per heavy atom. The minimum absolute atomic E-state index is 0.0485. The highest BCUT2D eigenvalue weighted by Crippen LogP contribution is 2.22. The highest BCUT2D eigenvalue weighted by molar-refractivity contribution is 9.10. The van der Waals surface area contributed by atoms with Gasteiger partial charge < -0.3 is 14.8 Å². The summed E-state index contributed by atoms with van der Waals surface area (Å²) in [5.41, 5.74) is 0.903. The van der Waals surface area contributed by atoms with Crippen LogP contribution < -0.4 is 5.32 Å². The van der Waals surface area contributed by atoms with E-state index in [-0.39, 0.29) is 25.7 Å². The Morgan fingerprint density at radius 3 is 2.45 bits per heavy atom. The summed E-state index contributed by atoms with van der Waals surface area (Å²) in [6.45, 7) is 0.568. The third-order valence-electron chi connectivity index (χ3n) is 2.88. The molecule has 108 valence electrons. The van der Waals surface area contributed by atoms with Crippen LogP contribution in [0.2, 0.25) is 0 Å². The number of cyclic esters (lactones) is 2. The van der Waals surface area contributed by atoms with Crippen molar-refractivity contribution in [2.45, 2.75) is 25.3 Å². The molecular weight excluding hydrogens is 328 g/mol. The van der Waals surface area contributed by atoms with Crippen molar-refractivity contribution in [2.24, 2.45) is 0 Å². The molecule has 0 aliphatic carbocycles. The van der Waals surface area contributed by atoms with E-state index in [2.05, 4.69) is 26.2 Å². The van der Waals surface area contributed by atoms with Crippen LogP contribution in [0, 0.1) is 0 Å². The number of ether oxygens (including phenoxy) is 2. The van der Waals surface area contributed by atoms with Gasteiger partial charge in [0.25, 0.3) is 0 Å². The molecule has 6 nitrogen and oxygen atoms in total. The molecule has 20 heavy (non-hydrogen) atoms. The molecule has 1 aliphatic rings. The van der Waals surface area contributed by atoms with Gasteiger partial charge in [0.2, 0.25) is 0 Å². The number of nitrogens with zero attached hydrogens (tertiary/aromatic N) is 1. The minimum atomic E-state index is -0.541. The van der Waals surface area contributed by atoms with Gasteiger partial charge in [0.1, 0.15) is 6.42 Å². The first-order valence-corrected chi connectivity index (χ1v) is 7.12. The third-order valence-corrected chi connectivity index (χ3v) is 3.51. The zero-order valence-electron chi connectivity index (χ0n) is 10.8. The normalized spacial score (nSPS) is 18.1. The first kappa shape index (κ1) is 14.8. The molecule has 0 atom stereocenters. The van der Waals surface area contributed by atoms with Crippen molar-refractivity contribution in [3.63, 3.8) is 0 Å². The van der Waals surface area contributed by atoms with Gasteiger partial charge in [0.05, 0.1) is 23.4 Å². The van der Waals surface area contributed by atoms with Gasteiger partial charge in [-0.25, -0.2) is 0 Å². The first-order valence-electron chi connectivity index (χ1n) is 6.32. The van der Waals surface area contributed by atoms with Gasteiger partial charge in [-0.15, -0.1) is 0 Å². The van der Waals surface area contributed by atoms with E-state index in [0.29, 0.717) is 12.8 Å². The van der Waals surface area contributed by atoms with Gasteiger partial charge in [-0.2, -0.15) is 0 Å². The fourth-order valence-corrected chi connectivity index (χ4v) is 2.22. The molecule has 0 saturated carbocycles. The molecule has 0 bridgehead atoms. The summed E-state index contributed by atoms with van der Waals surface area (Å²) in [7, 11) is 0. The summed E-state index contributed by atoms with van der Waals surface area (Å²) < 4.78 is 10.8. The molecule has 7 heteroatoms. The lowest BCUT2D eigenvalue weighted by Gasteiger charge is -2.21. The van der Waals surface area contributed by atoms with E-state index in [0.717, 1.165) is 10.2 Å². The van der Waals surface area contributed by atoms with Gasteiger partial charge in [0.15, 0.2) is 0 Å². The van der Waals surface area contributed by atoms with Gasteiger partial charge in [-0.3, -0.25) is 14.6 Å². The molecule has 0 radical (unpaired) electrons. The minimum Gasteiger partial charge on any atom is -0.465 e. The van der Waals surface area contributed by atoms with E-state index < -0.39 is 11.9 Å². The van der Waals surface area contributed by atoms with Crippen molar-refractivity contribution >= 4 is 33.6 Å². The monoisotopic (exact) mass is 342 g/mol. The maximum absolute atomic E-state index is 11.3. The van der Waals surface area contributed by atoms with Crippen molar-refractivity contribution in [1.82, 2.24) is 4.98 Å². The van der Waals surface area contributed by atoms with Crippen LogP contribution in [-0.4, -0.2) is 36.2 Å². The lowest BCUT2D eigenvalue weighted by Crippen LogP contribution is -2.27. The Kier molecular flexibility index (Phi) is 5.34. The first-order chi connectivity index (χ1) is 9.65. The molecule has 1 fully saturated rings. The third kappa shape index (κ3) is 4.48. The number of halogens is 1. The van der Waals surface area contributed by atoms with Crippen LogP contribution >= 0.6 is 15.9 Å². The molecule has 2 rings (SSSR count). The number of carbonyl (C=O) groups excluding carboxylic acids is 2. The Labute approximate surface area is 125 Å². The van der Waals surface area contributed by atoms with E-state index in [4.69, 9.17) is 9.47 Å². The number of rotatable bonds is 2. The van der Waals surface area contributed by atoms with Crippen LogP contribution in [0.5, 0.6) is 0 Å². The lowest BCUT2D eigenvalue weighted by molar-refractivity contribution is -0.155. The van der Waals surface area contributed by atoms with Crippen LogP contribution in [0.3, 0.4) is 0 Å². The molecule has 0 aromatic carbocycles. The average Bonchev–Trinajstić information content (AvgIpc) is 2.40. The quantitative estimate of drug-likeness (QED) is 0.653. The maximum atomic E-state index is 11.3. The smallest absolute Gasteiger partial charge is 0.317 e. The predicted molar refractivity (Wildman–Crippen MR) is 75.1 cm³/mol. The zero-order chi connectivity index (χ0) is 14.4. The van der Waals surface area contributed by atoms with Crippen LogP contribution in [0.15, 0.2) is 22.9 Å². The van der Waals surface area contributed by atoms with Crippen molar-refractivity contribution in [2.75, 3.05) is 18.5 Å². The SMILES string of the molecule is O=C1CC(=O)OCCC(Nc2ccncc2Br)CCO1. The lowest BCUT2D eigenvalue weighted by atomic mass is 10.1. The highest BCUT2D eigenvalue weighted by Gasteiger charge is 2.18. The largest absolute Gasteiger partial charge is 0.465 e. The van der Waals surface area contributed by atoms with Gasteiger partial charge >= 0.3 is 11.9 Å². The number of hydrogen-bond acceptors (Lipinski definition) is 6. The summed E-state index contributed by atoms with van der Waals surface area (Å²) in [4.78, 5) is 26.5. The van der Waals surface area contributed by atoms with Crippen LogP contribution in [0.4, 0.5) is 5.69 Å². The van der Waals surface area contributed by atoms with E-state index >= 15 is 0 Å². The number of esters is 2. The molecule has 1 aromatic rings. The number of anilines is 1. The second kappa shape index (κ2) is 7.23. The second-order valence-electron chi connectivity index (χ2n) is 4.39.